The van der Waals surface area contributed by atoms with Gasteiger partial charge in [-0.2, -0.15) is 13.2 Å². The molecule has 0 spiro atoms. The third kappa shape index (κ3) is 4.05. The van der Waals surface area contributed by atoms with E-state index < -0.39 is 17.6 Å². The summed E-state index contributed by atoms with van der Waals surface area (Å²) in [6.45, 7) is 1.91. The molecule has 0 atom stereocenters. The Balaban J connectivity index is 1.63. The number of hydrogen-bond donors (Lipinski definition) is 1. The van der Waals surface area contributed by atoms with Gasteiger partial charge in [-0.05, 0) is 48.2 Å². The minimum atomic E-state index is -4.41. The molecule has 130 valence electrons. The van der Waals surface area contributed by atoms with Gasteiger partial charge in [0.15, 0.2) is 0 Å². The quantitative estimate of drug-likeness (QED) is 0.746. The Morgan fingerprint density at radius 1 is 1.20 bits per heavy atom. The van der Waals surface area contributed by atoms with Gasteiger partial charge in [-0.1, -0.05) is 0 Å². The van der Waals surface area contributed by atoms with E-state index in [9.17, 15) is 18.0 Å². The van der Waals surface area contributed by atoms with Crippen LogP contribution in [0.2, 0.25) is 0 Å². The minimum absolute atomic E-state index is 0.132. The highest BCUT2D eigenvalue weighted by atomic mass is 32.1. The summed E-state index contributed by atoms with van der Waals surface area (Å²) in [4.78, 5) is 12.8. The largest absolute Gasteiger partial charge is 0.419 e. The van der Waals surface area contributed by atoms with Crippen LogP contribution in [0.1, 0.15) is 17.0 Å². The lowest BCUT2D eigenvalue weighted by Gasteiger charge is -2.08. The van der Waals surface area contributed by atoms with Crippen LogP contribution in [0.15, 0.2) is 40.1 Å². The van der Waals surface area contributed by atoms with E-state index in [2.05, 4.69) is 15.5 Å². The summed E-state index contributed by atoms with van der Waals surface area (Å²) in [7, 11) is 0. The number of amides is 1. The van der Waals surface area contributed by atoms with Crippen molar-refractivity contribution in [2.45, 2.75) is 19.5 Å². The van der Waals surface area contributed by atoms with E-state index in [1.807, 2.05) is 18.4 Å². The van der Waals surface area contributed by atoms with Crippen LogP contribution >= 0.6 is 11.3 Å². The van der Waals surface area contributed by atoms with Gasteiger partial charge in [-0.15, -0.1) is 21.5 Å². The number of nitrogens with zero attached hydrogens (tertiary/aromatic N) is 2. The zero-order chi connectivity index (χ0) is 18.0. The minimum Gasteiger partial charge on any atom is -0.419 e. The number of anilines is 1. The van der Waals surface area contributed by atoms with E-state index >= 15 is 0 Å². The van der Waals surface area contributed by atoms with Crippen molar-refractivity contribution in [3.63, 3.8) is 0 Å². The molecule has 0 fully saturated rings. The van der Waals surface area contributed by atoms with Crippen LogP contribution in [0.5, 0.6) is 0 Å². The number of carbonyl (C=O) groups excluding carboxylic acids is 1. The standard InChI is InChI=1S/C16H12F3N3O2S/c1-9-6-7-25-14(9)15-22-21-13(24-15)8-12(23)20-11-4-2-10(3-5-11)16(17,18)19/h2-7H,8H2,1H3,(H,20,23). The molecule has 3 aromatic rings. The van der Waals surface area contributed by atoms with Crippen molar-refractivity contribution in [3.8, 4) is 10.8 Å². The topological polar surface area (TPSA) is 68.0 Å². The molecule has 2 aromatic heterocycles. The molecule has 1 N–H and O–H groups in total. The number of rotatable bonds is 4. The molecular weight excluding hydrogens is 355 g/mol. The lowest BCUT2D eigenvalue weighted by Crippen LogP contribution is -2.15. The highest BCUT2D eigenvalue weighted by molar-refractivity contribution is 7.13. The van der Waals surface area contributed by atoms with Crippen LogP contribution in [0.3, 0.4) is 0 Å². The van der Waals surface area contributed by atoms with Crippen LogP contribution in [-0.4, -0.2) is 16.1 Å². The molecule has 25 heavy (non-hydrogen) atoms. The second-order valence-electron chi connectivity index (χ2n) is 5.23. The number of benzene rings is 1. The van der Waals surface area contributed by atoms with Crippen LogP contribution in [0.25, 0.3) is 10.8 Å². The Bertz CT molecular complexity index is 885. The van der Waals surface area contributed by atoms with Gasteiger partial charge in [0, 0.05) is 5.69 Å². The number of aromatic nitrogens is 2. The van der Waals surface area contributed by atoms with Gasteiger partial charge >= 0.3 is 6.18 Å². The summed E-state index contributed by atoms with van der Waals surface area (Å²) in [5, 5.41) is 12.1. The van der Waals surface area contributed by atoms with Gasteiger partial charge < -0.3 is 9.73 Å². The zero-order valence-electron chi connectivity index (χ0n) is 12.9. The first-order chi connectivity index (χ1) is 11.8. The molecule has 0 saturated carbocycles. The number of nitrogens with one attached hydrogen (secondary N) is 1. The molecule has 2 heterocycles. The number of carbonyl (C=O) groups is 1. The predicted octanol–water partition coefficient (Wildman–Crippen LogP) is 4.31. The van der Waals surface area contributed by atoms with Crippen molar-refractivity contribution >= 4 is 22.9 Å². The Labute approximate surface area is 144 Å². The Hall–Kier alpha value is -2.68. The van der Waals surface area contributed by atoms with Crippen LogP contribution in [-0.2, 0) is 17.4 Å². The molecule has 0 aliphatic rings. The molecule has 1 amide bonds. The molecule has 0 aliphatic carbocycles. The first-order valence-corrected chi connectivity index (χ1v) is 8.05. The van der Waals surface area contributed by atoms with Crippen molar-refractivity contribution in [2.75, 3.05) is 5.32 Å². The first-order valence-electron chi connectivity index (χ1n) is 7.17. The maximum atomic E-state index is 12.5. The van der Waals surface area contributed by atoms with Crippen LogP contribution in [0.4, 0.5) is 18.9 Å². The highest BCUT2D eigenvalue weighted by Crippen LogP contribution is 2.30. The first kappa shape index (κ1) is 17.2. The molecule has 3 rings (SSSR count). The molecule has 9 heteroatoms. The Morgan fingerprint density at radius 3 is 2.52 bits per heavy atom. The molecule has 0 saturated heterocycles. The highest BCUT2D eigenvalue weighted by Gasteiger charge is 2.30. The normalized spacial score (nSPS) is 11.5. The zero-order valence-corrected chi connectivity index (χ0v) is 13.7. The second-order valence-corrected chi connectivity index (χ2v) is 6.15. The fourth-order valence-corrected chi connectivity index (χ4v) is 2.94. The van der Waals surface area contributed by atoms with Crippen molar-refractivity contribution in [1.29, 1.82) is 0 Å². The van der Waals surface area contributed by atoms with Gasteiger partial charge in [0.2, 0.25) is 11.8 Å². The van der Waals surface area contributed by atoms with Gasteiger partial charge in [0.25, 0.3) is 5.89 Å². The van der Waals surface area contributed by atoms with E-state index in [-0.39, 0.29) is 18.0 Å². The maximum absolute atomic E-state index is 12.5. The maximum Gasteiger partial charge on any atom is 0.416 e. The van der Waals surface area contributed by atoms with E-state index in [1.54, 1.807) is 0 Å². The van der Waals surface area contributed by atoms with Gasteiger partial charge in [0.1, 0.15) is 6.42 Å². The van der Waals surface area contributed by atoms with E-state index in [0.717, 1.165) is 22.6 Å². The van der Waals surface area contributed by atoms with Crippen LogP contribution < -0.4 is 5.32 Å². The van der Waals surface area contributed by atoms with E-state index in [1.165, 1.54) is 23.5 Å². The summed E-state index contributed by atoms with van der Waals surface area (Å²) < 4.78 is 43.0. The lowest BCUT2D eigenvalue weighted by molar-refractivity contribution is -0.137. The van der Waals surface area contributed by atoms with Crippen molar-refractivity contribution in [2.24, 2.45) is 0 Å². The van der Waals surface area contributed by atoms with Crippen molar-refractivity contribution in [3.05, 3.63) is 52.7 Å². The summed E-state index contributed by atoms with van der Waals surface area (Å²) in [5.41, 5.74) is 0.472. The van der Waals surface area contributed by atoms with Gasteiger partial charge in [-0.3, -0.25) is 4.79 Å². The lowest BCUT2D eigenvalue weighted by atomic mass is 10.2. The fraction of sp³-hybridized carbons (Fsp3) is 0.188. The summed E-state index contributed by atoms with van der Waals surface area (Å²) in [6, 6.07) is 6.10. The molecule has 0 aliphatic heterocycles. The summed E-state index contributed by atoms with van der Waals surface area (Å²) in [6.07, 6.45) is -4.58. The van der Waals surface area contributed by atoms with Crippen molar-refractivity contribution in [1.82, 2.24) is 10.2 Å². The fourth-order valence-electron chi connectivity index (χ4n) is 2.09. The number of alkyl halides is 3. The molecule has 0 unspecified atom stereocenters. The summed E-state index contributed by atoms with van der Waals surface area (Å²) in [5.74, 6) is 0.00917. The Kier molecular flexibility index (Phi) is 4.58. The number of halogens is 3. The summed E-state index contributed by atoms with van der Waals surface area (Å²) >= 11 is 1.45. The third-order valence-corrected chi connectivity index (χ3v) is 4.34. The number of hydrogen-bond acceptors (Lipinski definition) is 5. The average molecular weight is 367 g/mol. The van der Waals surface area contributed by atoms with Crippen molar-refractivity contribution < 1.29 is 22.4 Å². The smallest absolute Gasteiger partial charge is 0.416 e. The Morgan fingerprint density at radius 2 is 1.92 bits per heavy atom. The van der Waals surface area contributed by atoms with Gasteiger partial charge in [-0.25, -0.2) is 0 Å². The van der Waals surface area contributed by atoms with E-state index in [4.69, 9.17) is 4.42 Å². The molecule has 0 bridgehead atoms. The third-order valence-electron chi connectivity index (χ3n) is 3.33. The molecule has 1 aromatic carbocycles. The van der Waals surface area contributed by atoms with E-state index in [0.29, 0.717) is 5.89 Å². The number of thiophene rings is 1. The number of aryl methyl sites for hydroxylation is 1. The van der Waals surface area contributed by atoms with Gasteiger partial charge in [0.05, 0.1) is 10.4 Å². The average Bonchev–Trinajstić information content (AvgIpc) is 3.15. The second kappa shape index (κ2) is 6.67. The predicted molar refractivity (Wildman–Crippen MR) is 86.1 cm³/mol. The molecule has 5 nitrogen and oxygen atoms in total. The van der Waals surface area contributed by atoms with Crippen LogP contribution in [0, 0.1) is 6.92 Å². The molecular formula is C16H12F3N3O2S. The molecule has 0 radical (unpaired) electrons. The monoisotopic (exact) mass is 367 g/mol. The SMILES string of the molecule is Cc1ccsc1-c1nnc(CC(=O)Nc2ccc(C(F)(F)F)cc2)o1.